The van der Waals surface area contributed by atoms with Gasteiger partial charge in [-0.3, -0.25) is 0 Å². The summed E-state index contributed by atoms with van der Waals surface area (Å²) in [5.74, 6) is 0.871. The number of nitrogens with one attached hydrogen (secondary N) is 2. The van der Waals surface area contributed by atoms with E-state index in [2.05, 4.69) is 30.4 Å². The van der Waals surface area contributed by atoms with Crippen LogP contribution in [0.4, 0.5) is 0 Å². The number of unbranched alkanes of at least 4 members (excludes halogenated alkanes) is 9. The Bertz CT molecular complexity index is 729. The molecular weight excluding hydrogens is 420 g/mol. The number of ether oxygens (including phenoxy) is 1. The molecule has 34 heavy (non-hydrogen) atoms. The summed E-state index contributed by atoms with van der Waals surface area (Å²) in [7, 11) is 0. The van der Waals surface area contributed by atoms with E-state index in [9.17, 15) is 0 Å². The summed E-state index contributed by atoms with van der Waals surface area (Å²) < 4.78 is 6.10. The number of aromatic nitrogens is 1. The van der Waals surface area contributed by atoms with E-state index in [0.717, 1.165) is 24.5 Å². The molecule has 1 aliphatic heterocycles. The molecule has 1 aliphatic rings. The molecule has 0 saturated carbocycles. The van der Waals surface area contributed by atoms with Crippen molar-refractivity contribution in [2.24, 2.45) is 5.92 Å². The van der Waals surface area contributed by atoms with Crippen LogP contribution in [0.15, 0.2) is 30.5 Å². The number of H-pyrrole nitrogens is 1. The van der Waals surface area contributed by atoms with Crippen molar-refractivity contribution in [2.45, 2.75) is 123 Å². The van der Waals surface area contributed by atoms with Crippen LogP contribution in [0.5, 0.6) is 0 Å². The summed E-state index contributed by atoms with van der Waals surface area (Å²) >= 11 is 0. The first kappa shape index (κ1) is 28.9. The Kier molecular flexibility index (Phi) is 16.1. The van der Waals surface area contributed by atoms with Gasteiger partial charge in [0.2, 0.25) is 0 Å². The average Bonchev–Trinajstić information content (AvgIpc) is 3.29. The molecule has 0 radical (unpaired) electrons. The SMILES string of the molecule is CCCCCCCC[C@H]1OCCC[C@@H]1CCCCCCC.ONCCc1c[nH]c2ccccc12. The predicted molar refractivity (Wildman–Crippen MR) is 146 cm³/mol. The van der Waals surface area contributed by atoms with Crippen molar-refractivity contribution in [2.75, 3.05) is 13.2 Å². The molecule has 0 bridgehead atoms. The Balaban J connectivity index is 0.000000266. The first-order valence-electron chi connectivity index (χ1n) is 14.3. The van der Waals surface area contributed by atoms with Gasteiger partial charge in [0.25, 0.3) is 0 Å². The summed E-state index contributed by atoms with van der Waals surface area (Å²) in [5.41, 5.74) is 4.54. The van der Waals surface area contributed by atoms with E-state index in [-0.39, 0.29) is 0 Å². The molecule has 0 aliphatic carbocycles. The smallest absolute Gasteiger partial charge is 0.0603 e. The number of benzene rings is 1. The van der Waals surface area contributed by atoms with E-state index in [1.807, 2.05) is 24.4 Å². The number of hydroxylamine groups is 1. The maximum absolute atomic E-state index is 8.48. The minimum Gasteiger partial charge on any atom is -0.378 e. The summed E-state index contributed by atoms with van der Waals surface area (Å²) in [6.45, 7) is 6.20. The van der Waals surface area contributed by atoms with E-state index in [1.165, 1.54) is 107 Å². The second-order valence-corrected chi connectivity index (χ2v) is 10.1. The first-order chi connectivity index (χ1) is 16.8. The number of aromatic amines is 1. The molecule has 1 saturated heterocycles. The largest absolute Gasteiger partial charge is 0.378 e. The van der Waals surface area contributed by atoms with Crippen molar-refractivity contribution in [1.29, 1.82) is 0 Å². The van der Waals surface area contributed by atoms with Crippen molar-refractivity contribution in [3.05, 3.63) is 36.0 Å². The lowest BCUT2D eigenvalue weighted by atomic mass is 9.86. The number of para-hydroxylation sites is 1. The summed E-state index contributed by atoms with van der Waals surface area (Å²) in [6.07, 6.45) is 24.4. The minimum atomic E-state index is 0.585. The molecule has 1 fully saturated rings. The van der Waals surface area contributed by atoms with E-state index < -0.39 is 0 Å². The van der Waals surface area contributed by atoms with Crippen LogP contribution in [-0.4, -0.2) is 29.4 Å². The van der Waals surface area contributed by atoms with Gasteiger partial charge in [0.1, 0.15) is 0 Å². The van der Waals surface area contributed by atoms with E-state index in [1.54, 1.807) is 0 Å². The van der Waals surface area contributed by atoms with Crippen molar-refractivity contribution >= 4 is 10.9 Å². The topological polar surface area (TPSA) is 57.3 Å². The molecule has 3 rings (SSSR count). The fourth-order valence-corrected chi connectivity index (χ4v) is 5.22. The van der Waals surface area contributed by atoms with Crippen LogP contribution in [0.3, 0.4) is 0 Å². The van der Waals surface area contributed by atoms with Gasteiger partial charge < -0.3 is 14.9 Å². The van der Waals surface area contributed by atoms with E-state index >= 15 is 0 Å². The molecule has 1 aromatic heterocycles. The highest BCUT2D eigenvalue weighted by molar-refractivity contribution is 5.83. The normalized spacial score (nSPS) is 18.1. The molecule has 2 atom stereocenters. The van der Waals surface area contributed by atoms with Crippen molar-refractivity contribution in [1.82, 2.24) is 10.5 Å². The van der Waals surface area contributed by atoms with Crippen LogP contribution in [-0.2, 0) is 11.2 Å². The van der Waals surface area contributed by atoms with Gasteiger partial charge in [-0.15, -0.1) is 0 Å². The molecule has 0 spiro atoms. The Morgan fingerprint density at radius 3 is 2.32 bits per heavy atom. The van der Waals surface area contributed by atoms with Gasteiger partial charge in [-0.2, -0.15) is 0 Å². The monoisotopic (exact) mass is 472 g/mol. The van der Waals surface area contributed by atoms with Gasteiger partial charge in [0, 0.05) is 30.3 Å². The molecule has 194 valence electrons. The van der Waals surface area contributed by atoms with Gasteiger partial charge in [0.05, 0.1) is 6.10 Å². The standard InChI is InChI=1S/C20H40O.C10H12N2O/c1-3-5-7-9-11-13-17-20-19(16-14-18-21-20)15-12-10-8-6-4-2;13-12-6-5-8-7-11-10-4-2-1-3-9(8)10/h19-20H,3-18H2,1-2H3;1-4,7,11-13H,5-6H2/t19-,20+;/m0./s1. The molecule has 0 amide bonds. The maximum atomic E-state index is 8.48. The van der Waals surface area contributed by atoms with Crippen LogP contribution < -0.4 is 5.48 Å². The third-order valence-corrected chi connectivity index (χ3v) is 7.28. The fraction of sp³-hybridized carbons (Fsp3) is 0.733. The van der Waals surface area contributed by atoms with Crippen LogP contribution in [0, 0.1) is 5.92 Å². The van der Waals surface area contributed by atoms with Crippen LogP contribution in [0.25, 0.3) is 10.9 Å². The molecule has 2 aromatic rings. The Hall–Kier alpha value is -1.36. The van der Waals surface area contributed by atoms with Crippen LogP contribution in [0.2, 0.25) is 0 Å². The summed E-state index contributed by atoms with van der Waals surface area (Å²) in [6, 6.07) is 8.16. The van der Waals surface area contributed by atoms with Gasteiger partial charge in [0.15, 0.2) is 0 Å². The van der Waals surface area contributed by atoms with Crippen LogP contribution in [0.1, 0.15) is 116 Å². The summed E-state index contributed by atoms with van der Waals surface area (Å²) in [5, 5.41) is 9.71. The molecule has 2 heterocycles. The number of hydrogen-bond acceptors (Lipinski definition) is 3. The highest BCUT2D eigenvalue weighted by Gasteiger charge is 2.24. The second-order valence-electron chi connectivity index (χ2n) is 10.1. The zero-order valence-electron chi connectivity index (χ0n) is 22.1. The lowest BCUT2D eigenvalue weighted by Gasteiger charge is -2.32. The second kappa shape index (κ2) is 18.9. The minimum absolute atomic E-state index is 0.585. The molecular formula is C30H52N2O2. The van der Waals surface area contributed by atoms with E-state index in [4.69, 9.17) is 9.94 Å². The first-order valence-corrected chi connectivity index (χ1v) is 14.3. The quantitative estimate of drug-likeness (QED) is 0.169. The highest BCUT2D eigenvalue weighted by atomic mass is 16.5. The van der Waals surface area contributed by atoms with E-state index in [0.29, 0.717) is 12.6 Å². The van der Waals surface area contributed by atoms with Gasteiger partial charge in [-0.1, -0.05) is 103 Å². The molecule has 1 aromatic carbocycles. The fourth-order valence-electron chi connectivity index (χ4n) is 5.22. The molecule has 3 N–H and O–H groups in total. The molecule has 4 nitrogen and oxygen atoms in total. The Morgan fingerprint density at radius 2 is 1.59 bits per heavy atom. The Morgan fingerprint density at radius 1 is 0.912 bits per heavy atom. The zero-order chi connectivity index (χ0) is 24.3. The predicted octanol–water partition coefficient (Wildman–Crippen LogP) is 8.58. The van der Waals surface area contributed by atoms with Crippen molar-refractivity contribution in [3.63, 3.8) is 0 Å². The maximum Gasteiger partial charge on any atom is 0.0603 e. The third-order valence-electron chi connectivity index (χ3n) is 7.28. The lowest BCUT2D eigenvalue weighted by molar-refractivity contribution is -0.0352. The zero-order valence-corrected chi connectivity index (χ0v) is 22.1. The van der Waals surface area contributed by atoms with Gasteiger partial charge in [-0.25, -0.2) is 5.48 Å². The van der Waals surface area contributed by atoms with Gasteiger partial charge >= 0.3 is 0 Å². The van der Waals surface area contributed by atoms with Crippen LogP contribution >= 0.6 is 0 Å². The molecule has 4 heteroatoms. The average molecular weight is 473 g/mol. The lowest BCUT2D eigenvalue weighted by Crippen LogP contribution is -2.29. The van der Waals surface area contributed by atoms with Crippen molar-refractivity contribution < 1.29 is 9.94 Å². The highest BCUT2D eigenvalue weighted by Crippen LogP contribution is 2.29. The third kappa shape index (κ3) is 11.4. The number of hydrogen-bond donors (Lipinski definition) is 3. The Labute approximate surface area is 209 Å². The number of fused-ring (bicyclic) bond motifs is 1. The molecule has 0 unspecified atom stereocenters. The van der Waals surface area contributed by atoms with Gasteiger partial charge in [-0.05, 0) is 49.7 Å². The van der Waals surface area contributed by atoms with Crippen molar-refractivity contribution in [3.8, 4) is 0 Å². The number of rotatable bonds is 16. The summed E-state index contributed by atoms with van der Waals surface area (Å²) in [4.78, 5) is 3.19.